The Kier molecular flexibility index (Phi) is 2.94. The minimum atomic E-state index is 0.362. The van der Waals surface area contributed by atoms with Crippen LogP contribution in [0.2, 0.25) is 0 Å². The van der Waals surface area contributed by atoms with Gasteiger partial charge in [-0.05, 0) is 36.2 Å². The van der Waals surface area contributed by atoms with Gasteiger partial charge in [0.05, 0.1) is 0 Å². The number of aliphatic hydroxyl groups excluding tert-OH is 1. The summed E-state index contributed by atoms with van der Waals surface area (Å²) in [6.07, 6.45) is 2.56. The molecule has 0 aromatic heterocycles. The van der Waals surface area contributed by atoms with Crippen molar-refractivity contribution in [2.45, 2.75) is 18.9 Å². The van der Waals surface area contributed by atoms with Crippen LogP contribution in [0.4, 0.5) is 0 Å². The summed E-state index contributed by atoms with van der Waals surface area (Å²) in [5.41, 5.74) is 0. The van der Waals surface area contributed by atoms with Gasteiger partial charge >= 0.3 is 0 Å². The van der Waals surface area contributed by atoms with Gasteiger partial charge < -0.3 is 10.4 Å². The zero-order valence-electron chi connectivity index (χ0n) is 7.33. The summed E-state index contributed by atoms with van der Waals surface area (Å²) in [4.78, 5) is 0. The number of hydrogen-bond acceptors (Lipinski definition) is 3. The van der Waals surface area contributed by atoms with Gasteiger partial charge in [0.25, 0.3) is 0 Å². The molecule has 0 aromatic rings. The topological polar surface area (TPSA) is 32.3 Å². The van der Waals surface area contributed by atoms with Gasteiger partial charge in [-0.3, -0.25) is 0 Å². The van der Waals surface area contributed by atoms with Crippen molar-refractivity contribution >= 4 is 11.8 Å². The molecule has 12 heavy (non-hydrogen) atoms. The van der Waals surface area contributed by atoms with Crippen molar-refractivity contribution in [2.24, 2.45) is 11.8 Å². The molecule has 0 bridgehead atoms. The van der Waals surface area contributed by atoms with Crippen LogP contribution < -0.4 is 5.32 Å². The highest BCUT2D eigenvalue weighted by atomic mass is 32.2. The third kappa shape index (κ3) is 1.78. The lowest BCUT2D eigenvalue weighted by Gasteiger charge is -2.39. The van der Waals surface area contributed by atoms with E-state index in [4.69, 9.17) is 5.11 Å². The third-order valence-electron chi connectivity index (χ3n) is 3.04. The first-order valence-electron chi connectivity index (χ1n) is 4.82. The monoisotopic (exact) mass is 187 g/mol. The fraction of sp³-hybridized carbons (Fsp3) is 1.00. The summed E-state index contributed by atoms with van der Waals surface area (Å²) >= 11 is 2.07. The first kappa shape index (κ1) is 8.85. The molecule has 0 aromatic carbocycles. The highest BCUT2D eigenvalue weighted by molar-refractivity contribution is 7.99. The Labute approximate surface area is 78.1 Å². The van der Waals surface area contributed by atoms with Gasteiger partial charge in [-0.2, -0.15) is 11.8 Å². The standard InChI is InChI=1S/C9H17NOS/c11-5-7-3-8-6-12-2-1-9(8)10-4-7/h7-11H,1-6H2. The van der Waals surface area contributed by atoms with Crippen LogP contribution >= 0.6 is 11.8 Å². The van der Waals surface area contributed by atoms with Crippen LogP contribution in [0.25, 0.3) is 0 Å². The summed E-state index contributed by atoms with van der Waals surface area (Å²) in [7, 11) is 0. The highest BCUT2D eigenvalue weighted by Crippen LogP contribution is 2.31. The Morgan fingerprint density at radius 2 is 2.42 bits per heavy atom. The molecular weight excluding hydrogens is 170 g/mol. The smallest absolute Gasteiger partial charge is 0.0471 e. The van der Waals surface area contributed by atoms with Crippen LogP contribution in [0.1, 0.15) is 12.8 Å². The SMILES string of the molecule is OCC1CNC2CCSCC2C1. The average Bonchev–Trinajstić information content (AvgIpc) is 2.17. The van der Waals surface area contributed by atoms with Crippen molar-refractivity contribution in [1.82, 2.24) is 5.32 Å². The molecule has 2 aliphatic heterocycles. The molecule has 0 amide bonds. The minimum absolute atomic E-state index is 0.362. The third-order valence-corrected chi connectivity index (χ3v) is 4.23. The summed E-state index contributed by atoms with van der Waals surface area (Å²) in [6, 6.07) is 0.758. The van der Waals surface area contributed by atoms with Crippen molar-refractivity contribution in [3.05, 3.63) is 0 Å². The second-order valence-electron chi connectivity index (χ2n) is 3.92. The number of thioether (sulfide) groups is 1. The van der Waals surface area contributed by atoms with Crippen LogP contribution in [0, 0.1) is 11.8 Å². The average molecular weight is 187 g/mol. The van der Waals surface area contributed by atoms with Crippen molar-refractivity contribution < 1.29 is 5.11 Å². The van der Waals surface area contributed by atoms with E-state index in [1.165, 1.54) is 24.3 Å². The van der Waals surface area contributed by atoms with Crippen molar-refractivity contribution in [3.63, 3.8) is 0 Å². The molecule has 3 unspecified atom stereocenters. The van der Waals surface area contributed by atoms with E-state index in [1.807, 2.05) is 0 Å². The molecule has 2 nitrogen and oxygen atoms in total. The van der Waals surface area contributed by atoms with E-state index in [9.17, 15) is 0 Å². The van der Waals surface area contributed by atoms with Crippen LogP contribution in [0.15, 0.2) is 0 Å². The number of fused-ring (bicyclic) bond motifs is 1. The molecule has 0 aliphatic carbocycles. The lowest BCUT2D eigenvalue weighted by molar-refractivity contribution is 0.150. The Hall–Kier alpha value is 0.270. The molecule has 0 radical (unpaired) electrons. The van der Waals surface area contributed by atoms with E-state index in [2.05, 4.69) is 17.1 Å². The molecule has 3 atom stereocenters. The quantitative estimate of drug-likeness (QED) is 0.634. The molecule has 2 aliphatic rings. The van der Waals surface area contributed by atoms with Crippen LogP contribution in [-0.2, 0) is 0 Å². The second kappa shape index (κ2) is 3.99. The first-order chi connectivity index (χ1) is 5.90. The molecular formula is C9H17NOS. The van der Waals surface area contributed by atoms with Gasteiger partial charge in [-0.25, -0.2) is 0 Å². The van der Waals surface area contributed by atoms with Crippen LogP contribution in [-0.4, -0.2) is 35.8 Å². The van der Waals surface area contributed by atoms with Gasteiger partial charge in [0.15, 0.2) is 0 Å². The van der Waals surface area contributed by atoms with E-state index >= 15 is 0 Å². The summed E-state index contributed by atoms with van der Waals surface area (Å²) < 4.78 is 0. The van der Waals surface area contributed by atoms with Crippen molar-refractivity contribution in [1.29, 1.82) is 0 Å². The zero-order chi connectivity index (χ0) is 8.39. The van der Waals surface area contributed by atoms with Gasteiger partial charge in [0.1, 0.15) is 0 Å². The van der Waals surface area contributed by atoms with E-state index in [1.54, 1.807) is 0 Å². The Morgan fingerprint density at radius 1 is 1.50 bits per heavy atom. The predicted molar refractivity (Wildman–Crippen MR) is 52.4 cm³/mol. The maximum absolute atomic E-state index is 9.03. The minimum Gasteiger partial charge on any atom is -0.396 e. The molecule has 2 N–H and O–H groups in total. The normalized spacial score (nSPS) is 42.2. The summed E-state index contributed by atoms with van der Waals surface area (Å²) in [5.74, 6) is 3.96. The molecule has 2 saturated heterocycles. The molecule has 2 heterocycles. The maximum atomic E-state index is 9.03. The van der Waals surface area contributed by atoms with E-state index in [0.717, 1.165) is 18.5 Å². The number of piperidine rings is 1. The Morgan fingerprint density at radius 3 is 3.25 bits per heavy atom. The molecule has 70 valence electrons. The molecule has 0 spiro atoms. The van der Waals surface area contributed by atoms with E-state index in [0.29, 0.717) is 12.5 Å². The fourth-order valence-electron chi connectivity index (χ4n) is 2.27. The summed E-state index contributed by atoms with van der Waals surface area (Å²) in [5, 5.41) is 12.6. The maximum Gasteiger partial charge on any atom is 0.0471 e. The van der Waals surface area contributed by atoms with Gasteiger partial charge in [-0.15, -0.1) is 0 Å². The Balaban J connectivity index is 1.90. The molecule has 2 rings (SSSR count). The lowest BCUT2D eigenvalue weighted by Crippen LogP contribution is -2.49. The summed E-state index contributed by atoms with van der Waals surface area (Å²) in [6.45, 7) is 1.39. The zero-order valence-corrected chi connectivity index (χ0v) is 8.15. The molecule has 3 heteroatoms. The van der Waals surface area contributed by atoms with Crippen molar-refractivity contribution in [2.75, 3.05) is 24.7 Å². The number of aliphatic hydroxyl groups is 1. The van der Waals surface area contributed by atoms with E-state index < -0.39 is 0 Å². The highest BCUT2D eigenvalue weighted by Gasteiger charge is 2.31. The number of rotatable bonds is 1. The first-order valence-corrected chi connectivity index (χ1v) is 5.97. The van der Waals surface area contributed by atoms with Crippen molar-refractivity contribution in [3.8, 4) is 0 Å². The number of hydrogen-bond donors (Lipinski definition) is 2. The van der Waals surface area contributed by atoms with Crippen LogP contribution in [0.3, 0.4) is 0 Å². The fourth-order valence-corrected chi connectivity index (χ4v) is 3.52. The molecule has 0 saturated carbocycles. The van der Waals surface area contributed by atoms with Gasteiger partial charge in [0, 0.05) is 19.2 Å². The second-order valence-corrected chi connectivity index (χ2v) is 5.07. The Bertz CT molecular complexity index is 153. The van der Waals surface area contributed by atoms with E-state index in [-0.39, 0.29) is 0 Å². The van der Waals surface area contributed by atoms with Gasteiger partial charge in [-0.1, -0.05) is 0 Å². The largest absolute Gasteiger partial charge is 0.396 e. The predicted octanol–water partition coefficient (Wildman–Crippen LogP) is 0.710. The van der Waals surface area contributed by atoms with Crippen LogP contribution in [0.5, 0.6) is 0 Å². The van der Waals surface area contributed by atoms with Gasteiger partial charge in [0.2, 0.25) is 0 Å². The number of nitrogens with one attached hydrogen (secondary N) is 1. The molecule has 2 fully saturated rings. The lowest BCUT2D eigenvalue weighted by atomic mass is 9.85.